The monoisotopic (exact) mass is 387 g/mol. The second-order valence-corrected chi connectivity index (χ2v) is 6.61. The highest BCUT2D eigenvalue weighted by atomic mass is 35.5. The number of carbonyl (C=O) groups is 3. The van der Waals surface area contributed by atoms with E-state index in [1.807, 2.05) is 0 Å². The van der Waals surface area contributed by atoms with Gasteiger partial charge in [-0.2, -0.15) is 0 Å². The quantitative estimate of drug-likeness (QED) is 0.677. The molecule has 140 valence electrons. The molecule has 0 radical (unpaired) electrons. The molecule has 0 aromatic heterocycles. The number of nitrogens with one attached hydrogen (secondary N) is 2. The number of halogens is 1. The van der Waals surface area contributed by atoms with Gasteiger partial charge in [0.2, 0.25) is 0 Å². The Labute approximate surface area is 160 Å². The number of nitrogens with two attached hydrogens (primary N) is 1. The maximum absolute atomic E-state index is 12.1. The Morgan fingerprint density at radius 2 is 1.93 bits per heavy atom. The van der Waals surface area contributed by atoms with Crippen LogP contribution in [0.15, 0.2) is 42.5 Å². The van der Waals surface area contributed by atoms with Crippen LogP contribution in [0.3, 0.4) is 0 Å². The molecule has 0 aliphatic heterocycles. The maximum Gasteiger partial charge on any atom is 0.262 e. The summed E-state index contributed by atoms with van der Waals surface area (Å²) < 4.78 is 5.38. The number of hydrogen-bond acceptors (Lipinski definition) is 4. The van der Waals surface area contributed by atoms with Crippen LogP contribution in [0.1, 0.15) is 33.6 Å². The molecule has 3 amide bonds. The van der Waals surface area contributed by atoms with E-state index in [0.29, 0.717) is 16.3 Å². The summed E-state index contributed by atoms with van der Waals surface area (Å²) in [5, 5.41) is 5.87. The van der Waals surface area contributed by atoms with Crippen molar-refractivity contribution in [2.75, 3.05) is 11.9 Å². The van der Waals surface area contributed by atoms with Crippen LogP contribution in [0.4, 0.5) is 5.69 Å². The number of amides is 3. The fourth-order valence-corrected chi connectivity index (χ4v) is 2.57. The minimum absolute atomic E-state index is 0.0917. The molecule has 2 aromatic carbocycles. The van der Waals surface area contributed by atoms with Crippen LogP contribution in [0.5, 0.6) is 5.75 Å². The van der Waals surface area contributed by atoms with E-state index in [0.717, 1.165) is 12.8 Å². The molecule has 0 atom stereocenters. The van der Waals surface area contributed by atoms with Crippen molar-refractivity contribution < 1.29 is 19.1 Å². The van der Waals surface area contributed by atoms with Gasteiger partial charge >= 0.3 is 0 Å². The van der Waals surface area contributed by atoms with Crippen LogP contribution >= 0.6 is 11.6 Å². The van der Waals surface area contributed by atoms with E-state index in [9.17, 15) is 14.4 Å². The van der Waals surface area contributed by atoms with Crippen LogP contribution < -0.4 is 21.1 Å². The van der Waals surface area contributed by atoms with Crippen molar-refractivity contribution in [2.24, 2.45) is 5.73 Å². The van der Waals surface area contributed by atoms with Crippen LogP contribution in [0.25, 0.3) is 0 Å². The molecule has 7 nitrogen and oxygen atoms in total. The second kappa shape index (κ2) is 8.09. The molecular weight excluding hydrogens is 370 g/mol. The van der Waals surface area contributed by atoms with E-state index in [4.69, 9.17) is 22.1 Å². The summed E-state index contributed by atoms with van der Waals surface area (Å²) >= 11 is 5.83. The molecule has 0 unspecified atom stereocenters. The summed E-state index contributed by atoms with van der Waals surface area (Å²) in [7, 11) is 0. The first-order valence-corrected chi connectivity index (χ1v) is 8.73. The van der Waals surface area contributed by atoms with Crippen molar-refractivity contribution in [3.05, 3.63) is 58.6 Å². The van der Waals surface area contributed by atoms with E-state index in [1.165, 1.54) is 18.2 Å². The lowest BCUT2D eigenvalue weighted by atomic mass is 10.2. The van der Waals surface area contributed by atoms with E-state index in [-0.39, 0.29) is 29.9 Å². The number of benzene rings is 2. The highest BCUT2D eigenvalue weighted by Gasteiger charge is 2.23. The average molecular weight is 388 g/mol. The maximum atomic E-state index is 12.1. The van der Waals surface area contributed by atoms with Crippen LogP contribution in [0, 0.1) is 0 Å². The van der Waals surface area contributed by atoms with E-state index in [1.54, 1.807) is 24.3 Å². The zero-order valence-electron chi connectivity index (χ0n) is 14.3. The molecule has 1 saturated carbocycles. The Bertz CT molecular complexity index is 896. The predicted octanol–water partition coefficient (Wildman–Crippen LogP) is 2.35. The average Bonchev–Trinajstić information content (AvgIpc) is 3.44. The lowest BCUT2D eigenvalue weighted by molar-refractivity contribution is -0.118. The van der Waals surface area contributed by atoms with Crippen molar-refractivity contribution in [3.63, 3.8) is 0 Å². The van der Waals surface area contributed by atoms with Gasteiger partial charge < -0.3 is 21.1 Å². The molecule has 0 heterocycles. The Hall–Kier alpha value is -3.06. The third-order valence-corrected chi connectivity index (χ3v) is 4.12. The first kappa shape index (κ1) is 18.7. The van der Waals surface area contributed by atoms with Gasteiger partial charge in [-0.1, -0.05) is 17.7 Å². The van der Waals surface area contributed by atoms with Crippen LogP contribution in [-0.4, -0.2) is 30.4 Å². The normalized spacial score (nSPS) is 12.9. The number of carbonyl (C=O) groups excluding carboxylic acids is 3. The first-order valence-electron chi connectivity index (χ1n) is 8.35. The molecular formula is C19H18ClN3O4. The molecule has 2 aromatic rings. The molecule has 4 N–H and O–H groups in total. The lowest BCUT2D eigenvalue weighted by Gasteiger charge is -2.11. The van der Waals surface area contributed by atoms with E-state index >= 15 is 0 Å². The molecule has 3 rings (SSSR count). The van der Waals surface area contributed by atoms with Crippen molar-refractivity contribution in [1.29, 1.82) is 0 Å². The van der Waals surface area contributed by atoms with Crippen molar-refractivity contribution in [3.8, 4) is 5.75 Å². The third kappa shape index (κ3) is 5.21. The fourth-order valence-electron chi connectivity index (χ4n) is 2.40. The SMILES string of the molecule is NC(=O)c1cc(Cl)ccc1OCC(=O)Nc1cccc(C(=O)NC2CC2)c1. The number of hydrogen-bond donors (Lipinski definition) is 3. The number of primary amides is 1. The standard InChI is InChI=1S/C19H18ClN3O4/c20-12-4-7-16(15(9-12)18(21)25)27-10-17(24)22-14-3-1-2-11(8-14)19(26)23-13-5-6-13/h1-4,7-9,13H,5-6,10H2,(H2,21,25)(H,22,24)(H,23,26). The minimum atomic E-state index is -0.706. The van der Waals surface area contributed by atoms with Gasteiger partial charge in [0.25, 0.3) is 17.7 Å². The van der Waals surface area contributed by atoms with E-state index < -0.39 is 11.8 Å². The highest BCUT2D eigenvalue weighted by molar-refractivity contribution is 6.31. The zero-order valence-corrected chi connectivity index (χ0v) is 15.1. The number of rotatable bonds is 7. The van der Waals surface area contributed by atoms with Gasteiger partial charge in [-0.05, 0) is 49.2 Å². The highest BCUT2D eigenvalue weighted by Crippen LogP contribution is 2.23. The van der Waals surface area contributed by atoms with Crippen LogP contribution in [0.2, 0.25) is 5.02 Å². The van der Waals surface area contributed by atoms with Gasteiger partial charge in [-0.15, -0.1) is 0 Å². The lowest BCUT2D eigenvalue weighted by Crippen LogP contribution is -2.25. The Kier molecular flexibility index (Phi) is 5.61. The minimum Gasteiger partial charge on any atom is -0.483 e. The first-order chi connectivity index (χ1) is 12.9. The van der Waals surface area contributed by atoms with Crippen LogP contribution in [-0.2, 0) is 4.79 Å². The van der Waals surface area contributed by atoms with Gasteiger partial charge in [0, 0.05) is 22.3 Å². The Morgan fingerprint density at radius 1 is 1.15 bits per heavy atom. The topological polar surface area (TPSA) is 111 Å². The molecule has 8 heteroatoms. The molecule has 0 bridgehead atoms. The van der Waals surface area contributed by atoms with Gasteiger partial charge in [0.1, 0.15) is 5.75 Å². The van der Waals surface area contributed by atoms with Gasteiger partial charge in [-0.3, -0.25) is 14.4 Å². The third-order valence-electron chi connectivity index (χ3n) is 3.89. The summed E-state index contributed by atoms with van der Waals surface area (Å²) in [6.45, 7) is -0.333. The predicted molar refractivity (Wildman–Crippen MR) is 101 cm³/mol. The van der Waals surface area contributed by atoms with Gasteiger partial charge in [-0.25, -0.2) is 0 Å². The smallest absolute Gasteiger partial charge is 0.262 e. The summed E-state index contributed by atoms with van der Waals surface area (Å²) in [6.07, 6.45) is 2.00. The van der Waals surface area contributed by atoms with E-state index in [2.05, 4.69) is 10.6 Å². The largest absolute Gasteiger partial charge is 0.483 e. The number of ether oxygens (including phenoxy) is 1. The Morgan fingerprint density at radius 3 is 2.63 bits per heavy atom. The molecule has 1 fully saturated rings. The fraction of sp³-hybridized carbons (Fsp3) is 0.211. The summed E-state index contributed by atoms with van der Waals surface area (Å²) in [5.74, 6) is -1.15. The molecule has 27 heavy (non-hydrogen) atoms. The molecule has 0 saturated heterocycles. The second-order valence-electron chi connectivity index (χ2n) is 6.17. The van der Waals surface area contributed by atoms with Crippen molar-refractivity contribution >= 4 is 35.0 Å². The number of anilines is 1. The summed E-state index contributed by atoms with van der Waals surface area (Å²) in [6, 6.07) is 11.2. The van der Waals surface area contributed by atoms with Gasteiger partial charge in [0.05, 0.1) is 5.56 Å². The molecule has 1 aliphatic carbocycles. The van der Waals surface area contributed by atoms with Crippen molar-refractivity contribution in [2.45, 2.75) is 18.9 Å². The molecule has 0 spiro atoms. The summed E-state index contributed by atoms with van der Waals surface area (Å²) in [5.41, 5.74) is 6.31. The Balaban J connectivity index is 1.60. The summed E-state index contributed by atoms with van der Waals surface area (Å²) in [4.78, 5) is 35.6. The molecule has 1 aliphatic rings. The zero-order chi connectivity index (χ0) is 19.4. The van der Waals surface area contributed by atoms with Crippen molar-refractivity contribution in [1.82, 2.24) is 5.32 Å². The van der Waals surface area contributed by atoms with Gasteiger partial charge in [0.15, 0.2) is 6.61 Å².